The van der Waals surface area contributed by atoms with Gasteiger partial charge in [-0.05, 0) is 65.6 Å². The summed E-state index contributed by atoms with van der Waals surface area (Å²) in [6.45, 7) is 6.33. The molecule has 0 aliphatic rings. The molecular weight excluding hydrogens is 747 g/mol. The summed E-state index contributed by atoms with van der Waals surface area (Å²) in [4.78, 5) is 43.9. The lowest BCUT2D eigenvalue weighted by molar-refractivity contribution is -0.138. The normalized spacial score (nSPS) is 11.4. The van der Waals surface area contributed by atoms with Gasteiger partial charge in [0.15, 0.2) is 0 Å². The number of azide groups is 1. The number of fused-ring (bicyclic) bond motifs is 1. The van der Waals surface area contributed by atoms with Crippen LogP contribution in [0.2, 0.25) is 0 Å². The average molecular weight is 800 g/mol. The zero-order chi connectivity index (χ0) is 41.2. The predicted octanol–water partition coefficient (Wildman–Crippen LogP) is 6.00. The number of carbonyl (C=O) groups is 3. The Bertz CT molecular complexity index is 1920. The molecule has 2 amide bonds. The number of rotatable bonds is 29. The molecular formula is C42H53N7O9. The maximum absolute atomic E-state index is 12.8. The summed E-state index contributed by atoms with van der Waals surface area (Å²) in [6, 6.07) is 24.2. The number of benzene rings is 3. The van der Waals surface area contributed by atoms with E-state index in [2.05, 4.69) is 31.0 Å². The lowest BCUT2D eigenvalue weighted by Crippen LogP contribution is -2.39. The van der Waals surface area contributed by atoms with Gasteiger partial charge >= 0.3 is 5.97 Å². The van der Waals surface area contributed by atoms with Gasteiger partial charge in [-0.25, -0.2) is 4.98 Å². The van der Waals surface area contributed by atoms with Crippen LogP contribution in [0.5, 0.6) is 5.75 Å². The summed E-state index contributed by atoms with van der Waals surface area (Å²) < 4.78 is 27.9. The second kappa shape index (κ2) is 26.2. The molecule has 1 heterocycles. The van der Waals surface area contributed by atoms with Crippen molar-refractivity contribution in [3.05, 3.63) is 101 Å². The van der Waals surface area contributed by atoms with Crippen LogP contribution in [0.15, 0.2) is 84.0 Å². The Hall–Kier alpha value is -5.77. The molecule has 0 spiro atoms. The molecule has 0 bridgehead atoms. The van der Waals surface area contributed by atoms with E-state index >= 15 is 0 Å². The Labute approximate surface area is 338 Å². The van der Waals surface area contributed by atoms with E-state index in [-0.39, 0.29) is 25.3 Å². The smallest absolute Gasteiger partial charge is 0.305 e. The number of nitrogens with one attached hydrogen (secondary N) is 3. The third kappa shape index (κ3) is 16.8. The third-order valence-electron chi connectivity index (χ3n) is 8.69. The minimum Gasteiger partial charge on any atom is -0.491 e. The maximum Gasteiger partial charge on any atom is 0.305 e. The van der Waals surface area contributed by atoms with Crippen LogP contribution >= 0.6 is 0 Å². The largest absolute Gasteiger partial charge is 0.491 e. The molecule has 1 aromatic heterocycles. The minimum atomic E-state index is -1.06. The number of ether oxygens (including phenoxy) is 5. The van der Waals surface area contributed by atoms with Crippen LogP contribution < -0.4 is 20.7 Å². The highest BCUT2D eigenvalue weighted by Crippen LogP contribution is 2.35. The molecule has 16 heteroatoms. The molecule has 0 aliphatic heterocycles. The minimum absolute atomic E-state index is 0.249. The Morgan fingerprint density at radius 2 is 1.45 bits per heavy atom. The second-order valence-corrected chi connectivity index (χ2v) is 13.1. The lowest BCUT2D eigenvalue weighted by atomic mass is 9.95. The number of unbranched alkanes of at least 4 members (excludes halogenated alkanes) is 1. The highest BCUT2D eigenvalue weighted by molar-refractivity contribution is 6.00. The van der Waals surface area contributed by atoms with Gasteiger partial charge in [-0.3, -0.25) is 14.4 Å². The number of anilines is 1. The van der Waals surface area contributed by atoms with E-state index < -0.39 is 17.9 Å². The fraction of sp³-hybridized carbons (Fsp3) is 0.429. The number of pyridine rings is 1. The topological polar surface area (TPSA) is 215 Å². The SMILES string of the molecule is Cc1cccc(NCCCCC(=O)NCC(=O)NC(CC(=O)O)c2ccc(-c3ccc(OCCOCCOCCOCCOCCN=[N+]=[N-])c4ccccc34)cc2)n1. The van der Waals surface area contributed by atoms with Gasteiger partial charge in [0, 0.05) is 35.5 Å². The zero-order valence-corrected chi connectivity index (χ0v) is 32.9. The van der Waals surface area contributed by atoms with Gasteiger partial charge < -0.3 is 44.7 Å². The number of aromatic nitrogens is 1. The monoisotopic (exact) mass is 799 g/mol. The quantitative estimate of drug-likeness (QED) is 0.0216. The first kappa shape index (κ1) is 44.9. The van der Waals surface area contributed by atoms with Crippen LogP contribution in [0.4, 0.5) is 5.82 Å². The summed E-state index contributed by atoms with van der Waals surface area (Å²) in [5.41, 5.74) is 11.6. The van der Waals surface area contributed by atoms with Crippen molar-refractivity contribution in [1.82, 2.24) is 15.6 Å². The number of carboxylic acid groups (broad SMARTS) is 1. The molecule has 0 saturated carbocycles. The molecule has 0 radical (unpaired) electrons. The molecule has 1 atom stereocenters. The average Bonchev–Trinajstić information content (AvgIpc) is 3.22. The predicted molar refractivity (Wildman–Crippen MR) is 220 cm³/mol. The first-order valence-corrected chi connectivity index (χ1v) is 19.4. The van der Waals surface area contributed by atoms with E-state index in [1.54, 1.807) is 0 Å². The van der Waals surface area contributed by atoms with Crippen LogP contribution in [-0.4, -0.2) is 107 Å². The number of carbonyl (C=O) groups excluding carboxylic acids is 2. The number of hydrogen-bond acceptors (Lipinski definition) is 11. The lowest BCUT2D eigenvalue weighted by Gasteiger charge is -2.19. The fourth-order valence-electron chi connectivity index (χ4n) is 5.87. The summed E-state index contributed by atoms with van der Waals surface area (Å²) in [5, 5.41) is 23.5. The molecule has 0 saturated heterocycles. The number of aryl methyl sites for hydroxylation is 1. The van der Waals surface area contributed by atoms with Gasteiger partial charge in [0.1, 0.15) is 18.2 Å². The molecule has 58 heavy (non-hydrogen) atoms. The van der Waals surface area contributed by atoms with Gasteiger partial charge in [-0.1, -0.05) is 65.8 Å². The van der Waals surface area contributed by atoms with Crippen LogP contribution in [0, 0.1) is 6.92 Å². The van der Waals surface area contributed by atoms with Crippen LogP contribution in [-0.2, 0) is 33.3 Å². The van der Waals surface area contributed by atoms with Crippen molar-refractivity contribution in [3.8, 4) is 16.9 Å². The zero-order valence-electron chi connectivity index (χ0n) is 32.9. The van der Waals surface area contributed by atoms with Gasteiger partial charge in [-0.2, -0.15) is 0 Å². The van der Waals surface area contributed by atoms with Crippen molar-refractivity contribution in [2.75, 3.05) is 84.4 Å². The Kier molecular flexibility index (Phi) is 20.3. The van der Waals surface area contributed by atoms with Gasteiger partial charge in [0.25, 0.3) is 0 Å². The maximum atomic E-state index is 12.8. The number of hydrogen-bond donors (Lipinski definition) is 4. The second-order valence-electron chi connectivity index (χ2n) is 13.1. The first-order valence-electron chi connectivity index (χ1n) is 19.4. The fourth-order valence-corrected chi connectivity index (χ4v) is 5.87. The van der Waals surface area contributed by atoms with Crippen molar-refractivity contribution in [2.24, 2.45) is 5.11 Å². The molecule has 1 unspecified atom stereocenters. The number of nitrogens with zero attached hydrogens (tertiary/aromatic N) is 4. The molecule has 4 rings (SSSR count). The molecule has 4 N–H and O–H groups in total. The number of amides is 2. The van der Waals surface area contributed by atoms with Crippen LogP contribution in [0.1, 0.15) is 43.0 Å². The van der Waals surface area contributed by atoms with Crippen LogP contribution in [0.25, 0.3) is 32.3 Å². The Balaban J connectivity index is 1.18. The number of carboxylic acids is 1. The molecule has 4 aromatic rings. The third-order valence-corrected chi connectivity index (χ3v) is 8.69. The van der Waals surface area contributed by atoms with Gasteiger partial charge in [0.2, 0.25) is 11.8 Å². The molecule has 0 aliphatic carbocycles. The molecule has 0 fully saturated rings. The van der Waals surface area contributed by atoms with E-state index in [4.69, 9.17) is 29.2 Å². The van der Waals surface area contributed by atoms with Crippen LogP contribution in [0.3, 0.4) is 0 Å². The summed E-state index contributed by atoms with van der Waals surface area (Å²) in [7, 11) is 0. The van der Waals surface area contributed by atoms with Crippen molar-refractivity contribution in [3.63, 3.8) is 0 Å². The van der Waals surface area contributed by atoms with Gasteiger partial charge in [-0.15, -0.1) is 0 Å². The standard InChI is InChI=1S/C42H53N7O9/c1-31-7-6-10-39(47-31)44-18-5-4-11-40(50)45-30-41(51)48-37(29-42(52)53)33-14-12-32(13-15-33)34-16-17-38(36-9-3-2-8-35(34)36)58-28-27-57-26-25-56-24-23-55-22-21-54-20-19-46-49-43/h2-3,6-10,12-17,37H,4-5,11,18-30H2,1H3,(H,44,47)(H,45,50)(H,48,51)(H,52,53). The Morgan fingerprint density at radius 3 is 2.12 bits per heavy atom. The van der Waals surface area contributed by atoms with Crippen molar-refractivity contribution in [2.45, 2.75) is 38.6 Å². The highest BCUT2D eigenvalue weighted by atomic mass is 16.6. The summed E-state index contributed by atoms with van der Waals surface area (Å²) >= 11 is 0. The van der Waals surface area contributed by atoms with Crippen molar-refractivity contribution in [1.29, 1.82) is 0 Å². The van der Waals surface area contributed by atoms with E-state index in [1.165, 1.54) is 0 Å². The summed E-state index contributed by atoms with van der Waals surface area (Å²) in [5.74, 6) is -0.273. The van der Waals surface area contributed by atoms with Gasteiger partial charge in [0.05, 0.1) is 71.9 Å². The molecule has 16 nitrogen and oxygen atoms in total. The molecule has 310 valence electrons. The summed E-state index contributed by atoms with van der Waals surface area (Å²) in [6.07, 6.45) is 1.35. The van der Waals surface area contributed by atoms with E-state index in [9.17, 15) is 19.5 Å². The number of aliphatic carboxylic acids is 1. The van der Waals surface area contributed by atoms with E-state index in [1.807, 2.05) is 85.8 Å². The molecule has 3 aromatic carbocycles. The van der Waals surface area contributed by atoms with Crippen molar-refractivity contribution < 1.29 is 43.2 Å². The first-order chi connectivity index (χ1) is 28.3. The van der Waals surface area contributed by atoms with E-state index in [0.717, 1.165) is 45.6 Å². The Morgan fingerprint density at radius 1 is 0.776 bits per heavy atom. The van der Waals surface area contributed by atoms with E-state index in [0.29, 0.717) is 84.5 Å². The van der Waals surface area contributed by atoms with Crippen molar-refractivity contribution >= 4 is 34.4 Å². The highest BCUT2D eigenvalue weighted by Gasteiger charge is 2.19.